The third-order valence-corrected chi connectivity index (χ3v) is 6.16. The van der Waals surface area contributed by atoms with Crippen molar-refractivity contribution in [3.05, 3.63) is 89.4 Å². The molecule has 1 atom stereocenters. The number of hydrogen-bond acceptors (Lipinski definition) is 4. The Balaban J connectivity index is 1.73. The second-order valence-corrected chi connectivity index (χ2v) is 8.56. The van der Waals surface area contributed by atoms with Gasteiger partial charge in [-0.05, 0) is 55.2 Å². The highest BCUT2D eigenvalue weighted by atomic mass is 16.5. The molecule has 1 saturated carbocycles. The molecule has 4 rings (SSSR count). The van der Waals surface area contributed by atoms with E-state index in [4.69, 9.17) is 9.15 Å². The number of aryl methyl sites for hydroxylation is 1. The van der Waals surface area contributed by atoms with Crippen LogP contribution in [0.25, 0.3) is 0 Å². The van der Waals surface area contributed by atoms with Crippen LogP contribution in [0.3, 0.4) is 0 Å². The van der Waals surface area contributed by atoms with Gasteiger partial charge in [0.25, 0.3) is 5.91 Å². The molecule has 0 bridgehead atoms. The van der Waals surface area contributed by atoms with Crippen molar-refractivity contribution in [2.24, 2.45) is 0 Å². The average molecular weight is 447 g/mol. The molecule has 1 heterocycles. The number of hydrogen-bond donors (Lipinski definition) is 1. The van der Waals surface area contributed by atoms with Crippen LogP contribution >= 0.6 is 0 Å². The highest BCUT2D eigenvalue weighted by Gasteiger charge is 2.34. The van der Waals surface area contributed by atoms with E-state index in [-0.39, 0.29) is 30.2 Å². The number of amides is 2. The molecule has 0 unspecified atom stereocenters. The van der Waals surface area contributed by atoms with Crippen molar-refractivity contribution in [2.45, 2.75) is 51.2 Å². The van der Waals surface area contributed by atoms with E-state index >= 15 is 0 Å². The fourth-order valence-corrected chi connectivity index (χ4v) is 4.32. The SMILES string of the molecule is COc1ccc([C@@H](C(=O)NC2CCCC2)N(Cc2ccc(C)cc2)C(=O)c2ccco2)cc1. The molecule has 6 nitrogen and oxygen atoms in total. The zero-order valence-electron chi connectivity index (χ0n) is 19.1. The molecular formula is C27H30N2O4. The molecule has 0 saturated heterocycles. The standard InChI is InChI=1S/C27H30N2O4/c1-19-9-11-20(12-10-19)18-29(27(31)24-8-5-17-33-24)25(21-13-15-23(32-2)16-14-21)26(30)28-22-6-3-4-7-22/h5,8-17,22,25H,3-4,6-7,18H2,1-2H3,(H,28,30)/t25-/m0/s1. The van der Waals surface area contributed by atoms with Crippen LogP contribution < -0.4 is 10.1 Å². The quantitative estimate of drug-likeness (QED) is 0.526. The molecule has 0 radical (unpaired) electrons. The van der Waals surface area contributed by atoms with Crippen molar-refractivity contribution < 1.29 is 18.7 Å². The number of rotatable bonds is 8. The maximum absolute atomic E-state index is 13.6. The summed E-state index contributed by atoms with van der Waals surface area (Å²) >= 11 is 0. The van der Waals surface area contributed by atoms with Gasteiger partial charge < -0.3 is 19.4 Å². The zero-order valence-corrected chi connectivity index (χ0v) is 19.1. The maximum Gasteiger partial charge on any atom is 0.290 e. The van der Waals surface area contributed by atoms with E-state index in [9.17, 15) is 9.59 Å². The first kappa shape index (κ1) is 22.6. The Bertz CT molecular complexity index is 1050. The van der Waals surface area contributed by atoms with Crippen LogP contribution in [0.1, 0.15) is 59.0 Å². The van der Waals surface area contributed by atoms with Gasteiger partial charge in [0, 0.05) is 12.6 Å². The molecular weight excluding hydrogens is 416 g/mol. The lowest BCUT2D eigenvalue weighted by Crippen LogP contribution is -2.45. The third kappa shape index (κ3) is 5.45. The van der Waals surface area contributed by atoms with Gasteiger partial charge >= 0.3 is 0 Å². The number of carbonyl (C=O) groups excluding carboxylic acids is 2. The molecule has 0 spiro atoms. The van der Waals surface area contributed by atoms with E-state index in [1.54, 1.807) is 24.1 Å². The van der Waals surface area contributed by atoms with Crippen molar-refractivity contribution in [3.8, 4) is 5.75 Å². The van der Waals surface area contributed by atoms with Gasteiger partial charge in [-0.2, -0.15) is 0 Å². The van der Waals surface area contributed by atoms with Gasteiger partial charge in [-0.15, -0.1) is 0 Å². The summed E-state index contributed by atoms with van der Waals surface area (Å²) < 4.78 is 10.7. The van der Waals surface area contributed by atoms with E-state index < -0.39 is 6.04 Å². The van der Waals surface area contributed by atoms with Crippen LogP contribution in [0, 0.1) is 6.92 Å². The summed E-state index contributed by atoms with van der Waals surface area (Å²) in [6.45, 7) is 2.29. The van der Waals surface area contributed by atoms with Gasteiger partial charge in [-0.1, -0.05) is 54.8 Å². The van der Waals surface area contributed by atoms with Crippen LogP contribution in [-0.4, -0.2) is 29.9 Å². The number of benzene rings is 2. The number of nitrogens with zero attached hydrogens (tertiary/aromatic N) is 1. The minimum absolute atomic E-state index is 0.137. The molecule has 1 aliphatic carbocycles. The molecule has 2 amide bonds. The predicted octanol–water partition coefficient (Wildman–Crippen LogP) is 5.04. The van der Waals surface area contributed by atoms with E-state index in [0.29, 0.717) is 5.75 Å². The first-order valence-electron chi connectivity index (χ1n) is 11.4. The Hall–Kier alpha value is -3.54. The summed E-state index contributed by atoms with van der Waals surface area (Å²) in [6, 6.07) is 17.9. The minimum Gasteiger partial charge on any atom is -0.497 e. The van der Waals surface area contributed by atoms with Crippen molar-refractivity contribution in [3.63, 3.8) is 0 Å². The van der Waals surface area contributed by atoms with Crippen LogP contribution in [0.5, 0.6) is 5.75 Å². The number of furan rings is 1. The summed E-state index contributed by atoms with van der Waals surface area (Å²) in [6.07, 6.45) is 5.61. The van der Waals surface area contributed by atoms with Crippen molar-refractivity contribution in [1.82, 2.24) is 10.2 Å². The number of nitrogens with one attached hydrogen (secondary N) is 1. The Kier molecular flexibility index (Phi) is 7.13. The second-order valence-electron chi connectivity index (χ2n) is 8.56. The van der Waals surface area contributed by atoms with Crippen LogP contribution in [0.4, 0.5) is 0 Å². The molecule has 1 fully saturated rings. The molecule has 172 valence electrons. The van der Waals surface area contributed by atoms with E-state index in [1.807, 2.05) is 55.5 Å². The third-order valence-electron chi connectivity index (χ3n) is 6.16. The Morgan fingerprint density at radius 2 is 1.76 bits per heavy atom. The molecule has 2 aromatic carbocycles. The molecule has 6 heteroatoms. The lowest BCUT2D eigenvalue weighted by atomic mass is 10.0. The largest absolute Gasteiger partial charge is 0.497 e. The summed E-state index contributed by atoms with van der Waals surface area (Å²) in [5.41, 5.74) is 2.79. The molecule has 1 aromatic heterocycles. The highest BCUT2D eigenvalue weighted by molar-refractivity contribution is 5.96. The van der Waals surface area contributed by atoms with Gasteiger partial charge in [0.15, 0.2) is 5.76 Å². The van der Waals surface area contributed by atoms with Gasteiger partial charge in [-0.25, -0.2) is 0 Å². The van der Waals surface area contributed by atoms with Crippen molar-refractivity contribution in [1.29, 1.82) is 0 Å². The molecule has 3 aromatic rings. The summed E-state index contributed by atoms with van der Waals surface area (Å²) in [7, 11) is 1.60. The highest BCUT2D eigenvalue weighted by Crippen LogP contribution is 2.29. The topological polar surface area (TPSA) is 71.8 Å². The summed E-state index contributed by atoms with van der Waals surface area (Å²) in [5.74, 6) is 0.382. The van der Waals surface area contributed by atoms with Gasteiger partial charge in [-0.3, -0.25) is 9.59 Å². The van der Waals surface area contributed by atoms with Crippen LogP contribution in [0.2, 0.25) is 0 Å². The van der Waals surface area contributed by atoms with Gasteiger partial charge in [0.2, 0.25) is 5.91 Å². The average Bonchev–Trinajstić information content (AvgIpc) is 3.54. The molecule has 1 aliphatic rings. The fourth-order valence-electron chi connectivity index (χ4n) is 4.32. The smallest absolute Gasteiger partial charge is 0.290 e. The first-order chi connectivity index (χ1) is 16.0. The van der Waals surface area contributed by atoms with E-state index in [1.165, 1.54) is 6.26 Å². The normalized spacial score (nSPS) is 14.6. The van der Waals surface area contributed by atoms with E-state index in [2.05, 4.69) is 5.32 Å². The first-order valence-corrected chi connectivity index (χ1v) is 11.4. The van der Waals surface area contributed by atoms with Crippen molar-refractivity contribution >= 4 is 11.8 Å². The van der Waals surface area contributed by atoms with Crippen LogP contribution in [-0.2, 0) is 11.3 Å². The van der Waals surface area contributed by atoms with Crippen molar-refractivity contribution in [2.75, 3.05) is 7.11 Å². The number of ether oxygens (including phenoxy) is 1. The van der Waals surface area contributed by atoms with Gasteiger partial charge in [0.1, 0.15) is 11.8 Å². The summed E-state index contributed by atoms with van der Waals surface area (Å²) in [4.78, 5) is 28.8. The monoisotopic (exact) mass is 446 g/mol. The predicted molar refractivity (Wildman–Crippen MR) is 126 cm³/mol. The zero-order chi connectivity index (χ0) is 23.2. The lowest BCUT2D eigenvalue weighted by Gasteiger charge is -2.32. The lowest BCUT2D eigenvalue weighted by molar-refractivity contribution is -0.126. The Morgan fingerprint density at radius 3 is 2.36 bits per heavy atom. The minimum atomic E-state index is -0.810. The molecule has 0 aliphatic heterocycles. The Morgan fingerprint density at radius 1 is 1.06 bits per heavy atom. The number of methoxy groups -OCH3 is 1. The molecule has 1 N–H and O–H groups in total. The Labute approximate surface area is 194 Å². The van der Waals surface area contributed by atoms with Gasteiger partial charge in [0.05, 0.1) is 13.4 Å². The second kappa shape index (κ2) is 10.4. The van der Waals surface area contributed by atoms with E-state index in [0.717, 1.165) is 42.4 Å². The number of carbonyl (C=O) groups is 2. The maximum atomic E-state index is 13.6. The summed E-state index contributed by atoms with van der Waals surface area (Å²) in [5, 5.41) is 3.19. The molecule has 33 heavy (non-hydrogen) atoms. The fraction of sp³-hybridized carbons (Fsp3) is 0.333. The van der Waals surface area contributed by atoms with Crippen LogP contribution in [0.15, 0.2) is 71.3 Å².